The number of fused-ring (bicyclic) bond motifs is 1. The smallest absolute Gasteiger partial charge is 0.258 e. The third-order valence-corrected chi connectivity index (χ3v) is 2.95. The molecule has 1 atom stereocenters. The van der Waals surface area contributed by atoms with E-state index in [0.29, 0.717) is 11.9 Å². The molecule has 0 aliphatic rings. The number of pyridine rings is 1. The number of aromatic nitrogens is 1. The van der Waals surface area contributed by atoms with Crippen molar-refractivity contribution in [3.63, 3.8) is 0 Å². The van der Waals surface area contributed by atoms with Gasteiger partial charge in [-0.05, 0) is 36.6 Å². The highest BCUT2D eigenvalue weighted by atomic mass is 16.5. The Kier molecular flexibility index (Phi) is 3.15. The minimum Gasteiger partial charge on any atom is -0.497 e. The number of ether oxygens (including phenoxy) is 1. The highest BCUT2D eigenvalue weighted by Gasteiger charge is 2.07. The molecule has 0 aliphatic carbocycles. The maximum absolute atomic E-state index is 12.2. The maximum Gasteiger partial charge on any atom is 0.258 e. The number of methoxy groups -OCH3 is 1. The number of hydrogen-bond acceptors (Lipinski definition) is 3. The van der Waals surface area contributed by atoms with Gasteiger partial charge in [-0.1, -0.05) is 0 Å². The summed E-state index contributed by atoms with van der Waals surface area (Å²) in [6, 6.07) is 7.35. The minimum absolute atomic E-state index is 0.00833. The Labute approximate surface area is 99.6 Å². The predicted octanol–water partition coefficient (Wildman–Crippen LogP) is 1.53. The molecule has 4 heteroatoms. The lowest BCUT2D eigenvalue weighted by Crippen LogP contribution is -2.27. The quantitative estimate of drug-likeness (QED) is 0.873. The summed E-state index contributed by atoms with van der Waals surface area (Å²) in [5.41, 5.74) is 5.57. The molecular weight excluding hydrogens is 216 g/mol. The van der Waals surface area contributed by atoms with E-state index < -0.39 is 0 Å². The van der Waals surface area contributed by atoms with Crippen molar-refractivity contribution in [2.24, 2.45) is 5.73 Å². The molecule has 0 fully saturated rings. The highest BCUT2D eigenvalue weighted by molar-refractivity contribution is 5.82. The van der Waals surface area contributed by atoms with Crippen LogP contribution < -0.4 is 16.0 Å². The van der Waals surface area contributed by atoms with E-state index >= 15 is 0 Å². The van der Waals surface area contributed by atoms with Gasteiger partial charge < -0.3 is 15.0 Å². The zero-order valence-corrected chi connectivity index (χ0v) is 10.0. The first kappa shape index (κ1) is 11.7. The van der Waals surface area contributed by atoms with Gasteiger partial charge >= 0.3 is 0 Å². The highest BCUT2D eigenvalue weighted by Crippen LogP contribution is 2.18. The van der Waals surface area contributed by atoms with E-state index in [1.165, 1.54) is 0 Å². The largest absolute Gasteiger partial charge is 0.497 e. The van der Waals surface area contributed by atoms with Crippen molar-refractivity contribution >= 4 is 10.8 Å². The summed E-state index contributed by atoms with van der Waals surface area (Å²) in [5, 5.41) is 1.57. The number of nitrogens with zero attached hydrogens (tertiary/aromatic N) is 1. The zero-order valence-electron chi connectivity index (χ0n) is 10.0. The van der Waals surface area contributed by atoms with Gasteiger partial charge in [-0.3, -0.25) is 4.79 Å². The van der Waals surface area contributed by atoms with Crippen LogP contribution in [0.5, 0.6) is 5.75 Å². The average molecular weight is 232 g/mol. The van der Waals surface area contributed by atoms with Gasteiger partial charge in [-0.25, -0.2) is 0 Å². The Balaban J connectivity index is 2.65. The average Bonchev–Trinajstić information content (AvgIpc) is 2.38. The van der Waals surface area contributed by atoms with Crippen LogP contribution in [0.15, 0.2) is 35.3 Å². The summed E-state index contributed by atoms with van der Waals surface area (Å²) in [6.07, 6.45) is 1.78. The predicted molar refractivity (Wildman–Crippen MR) is 68.5 cm³/mol. The third-order valence-electron chi connectivity index (χ3n) is 2.95. The van der Waals surface area contributed by atoms with Gasteiger partial charge in [0.15, 0.2) is 0 Å². The van der Waals surface area contributed by atoms with E-state index in [9.17, 15) is 4.79 Å². The van der Waals surface area contributed by atoms with Crippen molar-refractivity contribution in [3.8, 4) is 5.75 Å². The molecule has 0 aliphatic heterocycles. The van der Waals surface area contributed by atoms with Crippen LogP contribution in [0.3, 0.4) is 0 Å². The van der Waals surface area contributed by atoms with Gasteiger partial charge in [0.05, 0.1) is 7.11 Å². The van der Waals surface area contributed by atoms with E-state index in [-0.39, 0.29) is 11.6 Å². The standard InChI is InChI=1S/C13H16N2O2/c1-9(8-14)15-6-5-10-7-11(17-2)3-4-12(10)13(15)16/h3-7,9H,8,14H2,1-2H3. The van der Waals surface area contributed by atoms with Crippen LogP contribution in [-0.2, 0) is 0 Å². The van der Waals surface area contributed by atoms with Crippen LogP contribution in [0.25, 0.3) is 10.8 Å². The molecule has 0 amide bonds. The molecular formula is C13H16N2O2. The summed E-state index contributed by atoms with van der Waals surface area (Å²) in [7, 11) is 1.61. The van der Waals surface area contributed by atoms with Gasteiger partial charge in [0, 0.05) is 24.2 Å². The number of benzene rings is 1. The fourth-order valence-corrected chi connectivity index (χ4v) is 1.83. The lowest BCUT2D eigenvalue weighted by molar-refractivity contribution is 0.415. The Bertz CT molecular complexity index is 589. The molecule has 1 unspecified atom stereocenters. The summed E-state index contributed by atoms with van der Waals surface area (Å²) in [6.45, 7) is 2.37. The van der Waals surface area contributed by atoms with Gasteiger partial charge in [-0.2, -0.15) is 0 Å². The zero-order chi connectivity index (χ0) is 12.4. The molecule has 0 bridgehead atoms. The Hall–Kier alpha value is -1.81. The molecule has 4 nitrogen and oxygen atoms in total. The lowest BCUT2D eigenvalue weighted by atomic mass is 10.1. The molecule has 2 rings (SSSR count). The van der Waals surface area contributed by atoms with Gasteiger partial charge in [0.25, 0.3) is 5.56 Å². The molecule has 90 valence electrons. The second-order valence-electron chi connectivity index (χ2n) is 4.07. The number of nitrogens with two attached hydrogens (primary N) is 1. The SMILES string of the molecule is COc1ccc2c(=O)n(C(C)CN)ccc2c1. The Morgan fingerprint density at radius 2 is 2.18 bits per heavy atom. The van der Waals surface area contributed by atoms with Gasteiger partial charge in [0.2, 0.25) is 0 Å². The van der Waals surface area contributed by atoms with Crippen LogP contribution in [-0.4, -0.2) is 18.2 Å². The van der Waals surface area contributed by atoms with Crippen molar-refractivity contribution < 1.29 is 4.74 Å². The summed E-state index contributed by atoms with van der Waals surface area (Å²) >= 11 is 0. The monoisotopic (exact) mass is 232 g/mol. The minimum atomic E-state index is -0.0110. The molecule has 0 saturated carbocycles. The van der Waals surface area contributed by atoms with Crippen molar-refractivity contribution in [2.75, 3.05) is 13.7 Å². The van der Waals surface area contributed by atoms with Crippen LogP contribution >= 0.6 is 0 Å². The van der Waals surface area contributed by atoms with E-state index in [1.807, 2.05) is 19.1 Å². The molecule has 0 saturated heterocycles. The number of rotatable bonds is 3. The molecule has 1 aromatic carbocycles. The van der Waals surface area contributed by atoms with Gasteiger partial charge in [0.1, 0.15) is 5.75 Å². The second-order valence-corrected chi connectivity index (χ2v) is 4.07. The molecule has 1 aromatic heterocycles. The topological polar surface area (TPSA) is 57.2 Å². The molecule has 17 heavy (non-hydrogen) atoms. The first-order valence-corrected chi connectivity index (χ1v) is 5.56. The first-order chi connectivity index (χ1) is 8.17. The van der Waals surface area contributed by atoms with Crippen LogP contribution in [0.2, 0.25) is 0 Å². The van der Waals surface area contributed by atoms with Crippen molar-refractivity contribution in [2.45, 2.75) is 13.0 Å². The van der Waals surface area contributed by atoms with Crippen molar-refractivity contribution in [1.29, 1.82) is 0 Å². The lowest BCUT2D eigenvalue weighted by Gasteiger charge is -2.13. The summed E-state index contributed by atoms with van der Waals surface area (Å²) < 4.78 is 6.79. The van der Waals surface area contributed by atoms with Crippen molar-refractivity contribution in [3.05, 3.63) is 40.8 Å². The molecule has 0 radical (unpaired) electrons. The third kappa shape index (κ3) is 2.03. The molecule has 2 N–H and O–H groups in total. The van der Waals surface area contributed by atoms with Crippen LogP contribution in [0.1, 0.15) is 13.0 Å². The molecule has 1 heterocycles. The van der Waals surface area contributed by atoms with E-state index in [4.69, 9.17) is 10.5 Å². The van der Waals surface area contributed by atoms with Crippen LogP contribution in [0, 0.1) is 0 Å². The van der Waals surface area contributed by atoms with Crippen LogP contribution in [0.4, 0.5) is 0 Å². The Morgan fingerprint density at radius 3 is 2.82 bits per heavy atom. The first-order valence-electron chi connectivity index (χ1n) is 5.56. The fourth-order valence-electron chi connectivity index (χ4n) is 1.83. The van der Waals surface area contributed by atoms with E-state index in [1.54, 1.807) is 30.0 Å². The second kappa shape index (κ2) is 4.59. The summed E-state index contributed by atoms with van der Waals surface area (Å²) in [5.74, 6) is 0.751. The number of hydrogen-bond donors (Lipinski definition) is 1. The van der Waals surface area contributed by atoms with Crippen molar-refractivity contribution in [1.82, 2.24) is 4.57 Å². The summed E-state index contributed by atoms with van der Waals surface area (Å²) in [4.78, 5) is 12.2. The normalized spacial score (nSPS) is 12.6. The van der Waals surface area contributed by atoms with E-state index in [2.05, 4.69) is 0 Å². The maximum atomic E-state index is 12.2. The molecule has 0 spiro atoms. The van der Waals surface area contributed by atoms with Gasteiger partial charge in [-0.15, -0.1) is 0 Å². The fraction of sp³-hybridized carbons (Fsp3) is 0.308. The Morgan fingerprint density at radius 1 is 1.41 bits per heavy atom. The van der Waals surface area contributed by atoms with E-state index in [0.717, 1.165) is 11.1 Å². The molecule has 2 aromatic rings.